The first-order chi connectivity index (χ1) is 10.8. The molecule has 0 aliphatic heterocycles. The highest BCUT2D eigenvalue weighted by Crippen LogP contribution is 2.17. The second kappa shape index (κ2) is 6.82. The molecule has 0 saturated carbocycles. The van der Waals surface area contributed by atoms with Crippen LogP contribution in [0.2, 0.25) is 0 Å². The SMILES string of the molecule is Cc1cccc(NC(=O)CCN(c2cc(C)on2)S(C)(=O)=O)c1. The Balaban J connectivity index is 2.02. The van der Waals surface area contributed by atoms with Crippen LogP contribution in [0, 0.1) is 13.8 Å². The Labute approximate surface area is 135 Å². The topological polar surface area (TPSA) is 92.5 Å². The van der Waals surface area contributed by atoms with Crippen LogP contribution in [-0.2, 0) is 14.8 Å². The Hall–Kier alpha value is -2.35. The molecule has 7 nitrogen and oxygen atoms in total. The largest absolute Gasteiger partial charge is 0.360 e. The fourth-order valence-corrected chi connectivity index (χ4v) is 2.92. The predicted octanol–water partition coefficient (Wildman–Crippen LogP) is 2.09. The van der Waals surface area contributed by atoms with Gasteiger partial charge in [-0.05, 0) is 31.5 Å². The number of carbonyl (C=O) groups is 1. The van der Waals surface area contributed by atoms with E-state index in [1.807, 2.05) is 25.1 Å². The minimum Gasteiger partial charge on any atom is -0.360 e. The molecule has 0 saturated heterocycles. The maximum absolute atomic E-state index is 12.0. The lowest BCUT2D eigenvalue weighted by Gasteiger charge is -2.18. The molecule has 0 spiro atoms. The van der Waals surface area contributed by atoms with Crippen molar-refractivity contribution >= 4 is 27.4 Å². The molecule has 1 N–H and O–H groups in total. The van der Waals surface area contributed by atoms with Crippen LogP contribution in [0.3, 0.4) is 0 Å². The Morgan fingerprint density at radius 3 is 2.61 bits per heavy atom. The normalized spacial score (nSPS) is 11.3. The van der Waals surface area contributed by atoms with Gasteiger partial charge in [-0.15, -0.1) is 0 Å². The van der Waals surface area contributed by atoms with E-state index in [1.165, 1.54) is 6.07 Å². The second-order valence-corrected chi connectivity index (χ2v) is 7.21. The summed E-state index contributed by atoms with van der Waals surface area (Å²) in [6.45, 7) is 3.58. The minimum absolute atomic E-state index is 0.00686. The van der Waals surface area contributed by atoms with Crippen molar-refractivity contribution in [3.63, 3.8) is 0 Å². The van der Waals surface area contributed by atoms with E-state index in [0.29, 0.717) is 11.4 Å². The molecule has 1 aromatic heterocycles. The van der Waals surface area contributed by atoms with Crippen LogP contribution >= 0.6 is 0 Å². The number of carbonyl (C=O) groups excluding carboxylic acids is 1. The standard InChI is InChI=1S/C15H19N3O4S/c1-11-5-4-6-13(9-11)16-15(19)7-8-18(23(3,20)21)14-10-12(2)22-17-14/h4-6,9-10H,7-8H2,1-3H3,(H,16,19). The van der Waals surface area contributed by atoms with Crippen molar-refractivity contribution in [3.05, 3.63) is 41.7 Å². The summed E-state index contributed by atoms with van der Waals surface area (Å²) in [5, 5.41) is 6.44. The minimum atomic E-state index is -3.55. The average molecular weight is 337 g/mol. The van der Waals surface area contributed by atoms with Gasteiger partial charge in [-0.2, -0.15) is 0 Å². The molecule has 0 bridgehead atoms. The summed E-state index contributed by atoms with van der Waals surface area (Å²) in [6, 6.07) is 8.90. The van der Waals surface area contributed by atoms with Gasteiger partial charge in [0.05, 0.1) is 6.26 Å². The molecule has 0 aliphatic carbocycles. The summed E-state index contributed by atoms with van der Waals surface area (Å²) < 4.78 is 29.7. The summed E-state index contributed by atoms with van der Waals surface area (Å²) in [7, 11) is -3.55. The zero-order valence-corrected chi connectivity index (χ0v) is 14.1. The molecule has 0 radical (unpaired) electrons. The summed E-state index contributed by atoms with van der Waals surface area (Å²) in [6.07, 6.45) is 1.07. The van der Waals surface area contributed by atoms with Gasteiger partial charge < -0.3 is 9.84 Å². The van der Waals surface area contributed by atoms with Crippen molar-refractivity contribution in [2.24, 2.45) is 0 Å². The van der Waals surface area contributed by atoms with Gasteiger partial charge in [0.2, 0.25) is 15.9 Å². The number of aromatic nitrogens is 1. The smallest absolute Gasteiger partial charge is 0.233 e. The maximum Gasteiger partial charge on any atom is 0.233 e. The van der Waals surface area contributed by atoms with Gasteiger partial charge in [0.15, 0.2) is 5.82 Å². The van der Waals surface area contributed by atoms with Crippen LogP contribution in [0.5, 0.6) is 0 Å². The molecule has 2 aromatic rings. The lowest BCUT2D eigenvalue weighted by Crippen LogP contribution is -2.33. The van der Waals surface area contributed by atoms with E-state index in [-0.39, 0.29) is 24.7 Å². The number of aryl methyl sites for hydroxylation is 2. The molecule has 1 aromatic carbocycles. The number of nitrogens with zero attached hydrogens (tertiary/aromatic N) is 2. The Bertz CT molecular complexity index is 799. The lowest BCUT2D eigenvalue weighted by molar-refractivity contribution is -0.116. The highest BCUT2D eigenvalue weighted by Gasteiger charge is 2.21. The highest BCUT2D eigenvalue weighted by atomic mass is 32.2. The molecule has 0 fully saturated rings. The van der Waals surface area contributed by atoms with E-state index < -0.39 is 10.0 Å². The van der Waals surface area contributed by atoms with Crippen LogP contribution in [0.25, 0.3) is 0 Å². The van der Waals surface area contributed by atoms with E-state index in [9.17, 15) is 13.2 Å². The van der Waals surface area contributed by atoms with Gasteiger partial charge in [-0.25, -0.2) is 8.42 Å². The van der Waals surface area contributed by atoms with Gasteiger partial charge in [0.1, 0.15) is 5.76 Å². The lowest BCUT2D eigenvalue weighted by atomic mass is 10.2. The van der Waals surface area contributed by atoms with Gasteiger partial charge in [0.25, 0.3) is 0 Å². The molecule has 2 rings (SSSR count). The van der Waals surface area contributed by atoms with Gasteiger partial charge in [-0.1, -0.05) is 17.3 Å². The van der Waals surface area contributed by atoms with Crippen molar-refractivity contribution < 1.29 is 17.7 Å². The molecule has 0 unspecified atom stereocenters. The van der Waals surface area contributed by atoms with Crippen LogP contribution < -0.4 is 9.62 Å². The first-order valence-electron chi connectivity index (χ1n) is 7.03. The van der Waals surface area contributed by atoms with Crippen molar-refractivity contribution in [3.8, 4) is 0 Å². The molecule has 0 aliphatic rings. The van der Waals surface area contributed by atoms with Gasteiger partial charge in [0, 0.05) is 24.7 Å². The van der Waals surface area contributed by atoms with E-state index in [4.69, 9.17) is 4.52 Å². The highest BCUT2D eigenvalue weighted by molar-refractivity contribution is 7.92. The van der Waals surface area contributed by atoms with E-state index in [1.54, 1.807) is 13.0 Å². The molecular weight excluding hydrogens is 318 g/mol. The molecule has 0 atom stereocenters. The number of benzene rings is 1. The molecule has 1 amide bonds. The Kier molecular flexibility index (Phi) is 5.05. The van der Waals surface area contributed by atoms with Crippen LogP contribution in [-0.4, -0.2) is 32.3 Å². The van der Waals surface area contributed by atoms with Crippen LogP contribution in [0.15, 0.2) is 34.9 Å². The quantitative estimate of drug-likeness (QED) is 0.871. The van der Waals surface area contributed by atoms with E-state index in [0.717, 1.165) is 16.1 Å². The number of nitrogens with one attached hydrogen (secondary N) is 1. The van der Waals surface area contributed by atoms with Crippen molar-refractivity contribution in [2.75, 3.05) is 22.4 Å². The van der Waals surface area contributed by atoms with Crippen LogP contribution in [0.1, 0.15) is 17.7 Å². The number of hydrogen-bond acceptors (Lipinski definition) is 5. The van der Waals surface area contributed by atoms with Crippen molar-refractivity contribution in [1.82, 2.24) is 5.16 Å². The summed E-state index contributed by atoms with van der Waals surface area (Å²) in [5.41, 5.74) is 1.71. The zero-order chi connectivity index (χ0) is 17.0. The predicted molar refractivity (Wildman–Crippen MR) is 87.9 cm³/mol. The summed E-state index contributed by atoms with van der Waals surface area (Å²) in [4.78, 5) is 12.0. The first-order valence-corrected chi connectivity index (χ1v) is 8.88. The Morgan fingerprint density at radius 2 is 2.04 bits per heavy atom. The van der Waals surface area contributed by atoms with Gasteiger partial charge >= 0.3 is 0 Å². The maximum atomic E-state index is 12.0. The fourth-order valence-electron chi connectivity index (χ4n) is 2.07. The van der Waals surface area contributed by atoms with Gasteiger partial charge in [-0.3, -0.25) is 9.10 Å². The number of rotatable bonds is 6. The number of sulfonamides is 1. The third-order valence-corrected chi connectivity index (χ3v) is 4.29. The van der Waals surface area contributed by atoms with E-state index in [2.05, 4.69) is 10.5 Å². The van der Waals surface area contributed by atoms with Crippen molar-refractivity contribution in [2.45, 2.75) is 20.3 Å². The monoisotopic (exact) mass is 337 g/mol. The number of amides is 1. The second-order valence-electron chi connectivity index (χ2n) is 5.30. The molecule has 23 heavy (non-hydrogen) atoms. The Morgan fingerprint density at radius 1 is 1.30 bits per heavy atom. The zero-order valence-electron chi connectivity index (χ0n) is 13.2. The molecule has 1 heterocycles. The number of anilines is 2. The number of hydrogen-bond donors (Lipinski definition) is 1. The third-order valence-electron chi connectivity index (χ3n) is 3.12. The van der Waals surface area contributed by atoms with Crippen LogP contribution in [0.4, 0.5) is 11.5 Å². The summed E-state index contributed by atoms with van der Waals surface area (Å²) >= 11 is 0. The molecule has 8 heteroatoms. The third kappa shape index (κ3) is 4.82. The summed E-state index contributed by atoms with van der Waals surface area (Å²) in [5.74, 6) is 0.399. The van der Waals surface area contributed by atoms with E-state index >= 15 is 0 Å². The fraction of sp³-hybridized carbons (Fsp3) is 0.333. The molecule has 124 valence electrons. The average Bonchev–Trinajstić information content (AvgIpc) is 2.83. The molecular formula is C15H19N3O4S. The first kappa shape index (κ1) is 17.0. The van der Waals surface area contributed by atoms with Crippen molar-refractivity contribution in [1.29, 1.82) is 0 Å².